The van der Waals surface area contributed by atoms with E-state index in [-0.39, 0.29) is 5.82 Å². The third kappa shape index (κ3) is 5.90. The predicted octanol–water partition coefficient (Wildman–Crippen LogP) is 6.00. The molecule has 0 fully saturated rings. The Morgan fingerprint density at radius 3 is 2.66 bits per heavy atom. The number of ether oxygens (including phenoxy) is 2. The summed E-state index contributed by atoms with van der Waals surface area (Å²) in [5, 5.41) is 0.957. The van der Waals surface area contributed by atoms with E-state index in [9.17, 15) is 4.39 Å². The van der Waals surface area contributed by atoms with E-state index >= 15 is 0 Å². The summed E-state index contributed by atoms with van der Waals surface area (Å²) in [6, 6.07) is 17.1. The second kappa shape index (κ2) is 11.8. The van der Waals surface area contributed by atoms with E-state index < -0.39 is 0 Å². The molecule has 0 amide bonds. The standard InChI is InChI=1S/C31H35FN4O2/c1-4-35(2)17-18-38-25-8-5-22(6-9-25)21-36-15-12-23(13-16-36)29-20-28-26(11-14-33-31(28)34-29)27-19-24(32)7-10-30(27)37-3/h5-12,14,19-20H,4,13,15-18,21H2,1-3H3,(H,33,34). The zero-order valence-electron chi connectivity index (χ0n) is 22.3. The van der Waals surface area contributed by atoms with Crippen LogP contribution in [0.1, 0.15) is 24.6 Å². The van der Waals surface area contributed by atoms with Gasteiger partial charge in [-0.1, -0.05) is 25.1 Å². The topological polar surface area (TPSA) is 53.6 Å². The molecule has 1 N–H and O–H groups in total. The van der Waals surface area contributed by atoms with Crippen molar-refractivity contribution >= 4 is 16.6 Å². The van der Waals surface area contributed by atoms with Crippen molar-refractivity contribution in [1.29, 1.82) is 0 Å². The first-order valence-electron chi connectivity index (χ1n) is 13.2. The van der Waals surface area contributed by atoms with Crippen LogP contribution in [0.2, 0.25) is 0 Å². The van der Waals surface area contributed by atoms with Crippen LogP contribution in [0.5, 0.6) is 11.5 Å². The van der Waals surface area contributed by atoms with Gasteiger partial charge >= 0.3 is 0 Å². The van der Waals surface area contributed by atoms with Gasteiger partial charge < -0.3 is 19.4 Å². The molecular weight excluding hydrogens is 479 g/mol. The fourth-order valence-corrected chi connectivity index (χ4v) is 4.85. The van der Waals surface area contributed by atoms with Gasteiger partial charge in [-0.15, -0.1) is 0 Å². The Labute approximate surface area is 223 Å². The third-order valence-corrected chi connectivity index (χ3v) is 7.23. The number of pyridine rings is 1. The average Bonchev–Trinajstić information content (AvgIpc) is 3.39. The lowest BCUT2D eigenvalue weighted by atomic mass is 10.0. The Morgan fingerprint density at radius 1 is 1.08 bits per heavy atom. The quantitative estimate of drug-likeness (QED) is 0.281. The first kappa shape index (κ1) is 25.9. The van der Waals surface area contributed by atoms with Crippen LogP contribution in [0, 0.1) is 5.82 Å². The lowest BCUT2D eigenvalue weighted by molar-refractivity contribution is 0.243. The second-order valence-electron chi connectivity index (χ2n) is 9.75. The van der Waals surface area contributed by atoms with Crippen molar-refractivity contribution in [3.05, 3.63) is 83.9 Å². The number of H-pyrrole nitrogens is 1. The fraction of sp³-hybridized carbons (Fsp3) is 0.323. The van der Waals surface area contributed by atoms with Crippen molar-refractivity contribution in [3.63, 3.8) is 0 Å². The van der Waals surface area contributed by atoms with E-state index in [1.807, 2.05) is 6.07 Å². The minimum absolute atomic E-state index is 0.293. The summed E-state index contributed by atoms with van der Waals surface area (Å²) in [6.07, 6.45) is 4.98. The molecule has 7 heteroatoms. The lowest BCUT2D eigenvalue weighted by Gasteiger charge is -2.26. The van der Waals surface area contributed by atoms with Gasteiger partial charge in [0, 0.05) is 49.0 Å². The highest BCUT2D eigenvalue weighted by Gasteiger charge is 2.18. The van der Waals surface area contributed by atoms with Gasteiger partial charge in [0.05, 0.1) is 7.11 Å². The Hall–Kier alpha value is -3.68. The molecule has 0 unspecified atom stereocenters. The van der Waals surface area contributed by atoms with E-state index in [1.54, 1.807) is 19.4 Å². The van der Waals surface area contributed by atoms with Crippen molar-refractivity contribution in [2.75, 3.05) is 46.9 Å². The molecule has 1 aliphatic rings. The number of rotatable bonds is 10. The normalized spacial score (nSPS) is 14.2. The Kier molecular flexibility index (Phi) is 8.05. The molecule has 38 heavy (non-hydrogen) atoms. The summed E-state index contributed by atoms with van der Waals surface area (Å²) < 4.78 is 25.4. The van der Waals surface area contributed by atoms with Gasteiger partial charge in [0.25, 0.3) is 0 Å². The van der Waals surface area contributed by atoms with Gasteiger partial charge in [-0.25, -0.2) is 9.37 Å². The molecule has 5 rings (SSSR count). The number of nitrogens with zero attached hydrogens (tertiary/aromatic N) is 3. The minimum Gasteiger partial charge on any atom is -0.496 e. The summed E-state index contributed by atoms with van der Waals surface area (Å²) in [6.45, 7) is 7.55. The van der Waals surface area contributed by atoms with Crippen molar-refractivity contribution in [1.82, 2.24) is 19.8 Å². The van der Waals surface area contributed by atoms with E-state index in [0.29, 0.717) is 12.4 Å². The molecular formula is C31H35FN4O2. The van der Waals surface area contributed by atoms with Crippen LogP contribution in [-0.2, 0) is 6.54 Å². The number of fused-ring (bicyclic) bond motifs is 1. The van der Waals surface area contributed by atoms with Crippen molar-refractivity contribution < 1.29 is 13.9 Å². The van der Waals surface area contributed by atoms with Crippen molar-refractivity contribution in [2.24, 2.45) is 0 Å². The third-order valence-electron chi connectivity index (χ3n) is 7.23. The second-order valence-corrected chi connectivity index (χ2v) is 9.75. The average molecular weight is 515 g/mol. The van der Waals surface area contributed by atoms with Crippen LogP contribution in [0.4, 0.5) is 4.39 Å². The Bertz CT molecular complexity index is 1410. The van der Waals surface area contributed by atoms with Gasteiger partial charge in [0.2, 0.25) is 0 Å². The summed E-state index contributed by atoms with van der Waals surface area (Å²) in [4.78, 5) is 12.7. The van der Waals surface area contributed by atoms with E-state index in [0.717, 1.165) is 72.7 Å². The number of nitrogens with one attached hydrogen (secondary N) is 1. The minimum atomic E-state index is -0.293. The molecule has 1 aliphatic heterocycles. The maximum Gasteiger partial charge on any atom is 0.138 e. The first-order valence-corrected chi connectivity index (χ1v) is 13.2. The summed E-state index contributed by atoms with van der Waals surface area (Å²) in [7, 11) is 3.70. The summed E-state index contributed by atoms with van der Waals surface area (Å²) in [5.74, 6) is 1.26. The number of hydrogen-bond donors (Lipinski definition) is 1. The number of likely N-dealkylation sites (N-methyl/N-ethyl adjacent to an activating group) is 1. The number of hydrogen-bond acceptors (Lipinski definition) is 5. The number of aromatic nitrogens is 2. The number of halogens is 1. The highest BCUT2D eigenvalue weighted by atomic mass is 19.1. The van der Waals surface area contributed by atoms with Gasteiger partial charge in [-0.3, -0.25) is 4.90 Å². The number of aromatic amines is 1. The zero-order chi connectivity index (χ0) is 26.5. The van der Waals surface area contributed by atoms with Crippen LogP contribution in [0.15, 0.2) is 66.9 Å². The highest BCUT2D eigenvalue weighted by molar-refractivity contribution is 5.96. The molecule has 4 aromatic rings. The van der Waals surface area contributed by atoms with Gasteiger partial charge in [-0.2, -0.15) is 0 Å². The molecule has 3 heterocycles. The molecule has 0 spiro atoms. The molecule has 0 saturated carbocycles. The Morgan fingerprint density at radius 2 is 1.92 bits per heavy atom. The highest BCUT2D eigenvalue weighted by Crippen LogP contribution is 2.36. The van der Waals surface area contributed by atoms with Crippen LogP contribution >= 0.6 is 0 Å². The smallest absolute Gasteiger partial charge is 0.138 e. The molecule has 0 bridgehead atoms. The van der Waals surface area contributed by atoms with Crippen molar-refractivity contribution in [2.45, 2.75) is 19.9 Å². The molecule has 2 aromatic carbocycles. The monoisotopic (exact) mass is 514 g/mol. The molecule has 6 nitrogen and oxygen atoms in total. The fourth-order valence-electron chi connectivity index (χ4n) is 4.85. The van der Waals surface area contributed by atoms with E-state index in [4.69, 9.17) is 9.47 Å². The van der Waals surface area contributed by atoms with Crippen LogP contribution < -0.4 is 9.47 Å². The first-order chi connectivity index (χ1) is 18.5. The van der Waals surface area contributed by atoms with Crippen LogP contribution in [-0.4, -0.2) is 66.7 Å². The summed E-state index contributed by atoms with van der Waals surface area (Å²) in [5.41, 5.74) is 6.03. The number of benzene rings is 2. The summed E-state index contributed by atoms with van der Waals surface area (Å²) >= 11 is 0. The van der Waals surface area contributed by atoms with Crippen molar-refractivity contribution in [3.8, 4) is 22.6 Å². The Balaban J connectivity index is 1.25. The molecule has 0 saturated heterocycles. The maximum atomic E-state index is 14.1. The van der Waals surface area contributed by atoms with E-state index in [2.05, 4.69) is 70.1 Å². The van der Waals surface area contributed by atoms with Gasteiger partial charge in [-0.05, 0) is 79.2 Å². The largest absolute Gasteiger partial charge is 0.496 e. The SMILES string of the molecule is CCN(C)CCOc1ccc(CN2CC=C(c3cc4c(-c5cc(F)ccc5OC)ccnc4[nH]3)CC2)cc1. The lowest BCUT2D eigenvalue weighted by Crippen LogP contribution is -2.28. The van der Waals surface area contributed by atoms with Crippen LogP contribution in [0.3, 0.4) is 0 Å². The van der Waals surface area contributed by atoms with Crippen LogP contribution in [0.25, 0.3) is 27.7 Å². The van der Waals surface area contributed by atoms with Gasteiger partial charge in [0.15, 0.2) is 0 Å². The molecule has 2 aromatic heterocycles. The molecule has 0 aliphatic carbocycles. The van der Waals surface area contributed by atoms with E-state index in [1.165, 1.54) is 23.3 Å². The molecule has 198 valence electrons. The predicted molar refractivity (Wildman–Crippen MR) is 151 cm³/mol. The maximum absolute atomic E-state index is 14.1. The number of methoxy groups -OCH3 is 1. The molecule has 0 radical (unpaired) electrons. The molecule has 0 atom stereocenters. The zero-order valence-corrected chi connectivity index (χ0v) is 22.3. The van der Waals surface area contributed by atoms with Gasteiger partial charge in [0.1, 0.15) is 29.6 Å².